The van der Waals surface area contributed by atoms with Gasteiger partial charge in [-0.05, 0) is 38.8 Å². The Labute approximate surface area is 125 Å². The Bertz CT molecular complexity index is 516. The minimum Gasteiger partial charge on any atom is -0.480 e. The van der Waals surface area contributed by atoms with Gasteiger partial charge in [0.15, 0.2) is 0 Å². The first-order valence-electron chi connectivity index (χ1n) is 7.80. The molecule has 0 radical (unpaired) electrons. The molecule has 2 heterocycles. The van der Waals surface area contributed by atoms with Crippen LogP contribution in [0.15, 0.2) is 12.4 Å². The number of aromatic nitrogens is 2. The molecule has 0 spiro atoms. The lowest BCUT2D eigenvalue weighted by molar-refractivity contribution is -0.146. The Morgan fingerprint density at radius 3 is 3.19 bits per heavy atom. The number of nitrogens with zero attached hydrogens (tertiary/aromatic N) is 3. The number of nitrogens with one attached hydrogen (secondary N) is 1. The van der Waals surface area contributed by atoms with E-state index < -0.39 is 11.5 Å². The van der Waals surface area contributed by atoms with E-state index >= 15 is 0 Å². The number of rotatable bonds is 5. The third-order valence-electron chi connectivity index (χ3n) is 5.27. The van der Waals surface area contributed by atoms with Gasteiger partial charge < -0.3 is 15.0 Å². The van der Waals surface area contributed by atoms with Crippen molar-refractivity contribution in [1.29, 1.82) is 0 Å². The van der Waals surface area contributed by atoms with Crippen LogP contribution in [0.4, 0.5) is 0 Å². The molecule has 0 saturated heterocycles. The second kappa shape index (κ2) is 5.77. The fraction of sp³-hybridized carbons (Fsp3) is 0.733. The molecule has 1 aliphatic carbocycles. The lowest BCUT2D eigenvalue weighted by atomic mass is 9.84. The minimum atomic E-state index is -0.714. The Morgan fingerprint density at radius 1 is 1.57 bits per heavy atom. The zero-order chi connectivity index (χ0) is 14.9. The average Bonchev–Trinajstić information content (AvgIpc) is 3.11. The molecule has 6 nitrogen and oxygen atoms in total. The molecule has 1 fully saturated rings. The van der Waals surface area contributed by atoms with Crippen molar-refractivity contribution in [2.75, 3.05) is 20.1 Å². The molecular formula is C15H24N4O2. The second-order valence-corrected chi connectivity index (χ2v) is 6.22. The van der Waals surface area contributed by atoms with Crippen LogP contribution in [0.3, 0.4) is 0 Å². The van der Waals surface area contributed by atoms with Crippen LogP contribution in [-0.2, 0) is 17.9 Å². The maximum absolute atomic E-state index is 11.7. The van der Waals surface area contributed by atoms with E-state index in [2.05, 4.69) is 19.8 Å². The fourth-order valence-electron chi connectivity index (χ4n) is 3.94. The average molecular weight is 292 g/mol. The summed E-state index contributed by atoms with van der Waals surface area (Å²) in [6.45, 7) is 3.83. The molecule has 0 aromatic carbocycles. The van der Waals surface area contributed by atoms with Gasteiger partial charge in [-0.25, -0.2) is 4.98 Å². The van der Waals surface area contributed by atoms with Gasteiger partial charge in [0.05, 0.1) is 6.54 Å². The molecule has 1 saturated carbocycles. The number of aliphatic carboxylic acids is 1. The number of likely N-dealkylation sites (N-methyl/N-ethyl adjacent to an activating group) is 1. The smallest absolute Gasteiger partial charge is 0.324 e. The summed E-state index contributed by atoms with van der Waals surface area (Å²) in [5, 5.41) is 12.7. The highest BCUT2D eigenvalue weighted by Crippen LogP contribution is 2.38. The van der Waals surface area contributed by atoms with Crippen LogP contribution in [0.2, 0.25) is 0 Å². The van der Waals surface area contributed by atoms with Gasteiger partial charge in [0.25, 0.3) is 0 Å². The van der Waals surface area contributed by atoms with Crippen LogP contribution in [0.5, 0.6) is 0 Å². The summed E-state index contributed by atoms with van der Waals surface area (Å²) in [5.74, 6) is 0.647. The van der Waals surface area contributed by atoms with Crippen molar-refractivity contribution < 1.29 is 9.90 Å². The summed E-state index contributed by atoms with van der Waals surface area (Å²) in [4.78, 5) is 18.4. The molecule has 1 aromatic heterocycles. The number of carboxylic acids is 1. The molecule has 3 rings (SSSR count). The van der Waals surface area contributed by atoms with Gasteiger partial charge in [-0.15, -0.1) is 0 Å². The fourth-order valence-corrected chi connectivity index (χ4v) is 3.94. The zero-order valence-corrected chi connectivity index (χ0v) is 12.6. The van der Waals surface area contributed by atoms with Crippen molar-refractivity contribution in [2.24, 2.45) is 5.92 Å². The van der Waals surface area contributed by atoms with Crippen molar-refractivity contribution in [2.45, 2.75) is 44.3 Å². The molecule has 1 aromatic rings. The van der Waals surface area contributed by atoms with Gasteiger partial charge in [0.1, 0.15) is 11.4 Å². The van der Waals surface area contributed by atoms with E-state index in [0.29, 0.717) is 0 Å². The van der Waals surface area contributed by atoms with E-state index in [1.54, 1.807) is 7.05 Å². The number of imidazole rings is 1. The quantitative estimate of drug-likeness (QED) is 0.845. The standard InChI is InChI=1S/C15H24N4O2/c1-16-15(14(20)21)5-2-3-12(15)4-7-18-9-10-19-8-6-17-13(19)11-18/h6,8,12,16H,2-5,7,9-11H2,1H3,(H,20,21). The van der Waals surface area contributed by atoms with Crippen LogP contribution >= 0.6 is 0 Å². The lowest BCUT2D eigenvalue weighted by Gasteiger charge is -2.33. The van der Waals surface area contributed by atoms with E-state index in [0.717, 1.165) is 57.7 Å². The first-order chi connectivity index (χ1) is 10.2. The first-order valence-corrected chi connectivity index (χ1v) is 7.80. The van der Waals surface area contributed by atoms with Crippen molar-refractivity contribution >= 4 is 5.97 Å². The van der Waals surface area contributed by atoms with E-state index in [-0.39, 0.29) is 5.92 Å². The molecule has 2 unspecified atom stereocenters. The predicted molar refractivity (Wildman–Crippen MR) is 78.9 cm³/mol. The predicted octanol–water partition coefficient (Wildman–Crippen LogP) is 0.932. The normalized spacial score (nSPS) is 29.5. The third kappa shape index (κ3) is 2.58. The molecule has 2 N–H and O–H groups in total. The number of carboxylic acid groups (broad SMARTS) is 1. The number of fused-ring (bicyclic) bond motifs is 1. The van der Waals surface area contributed by atoms with E-state index in [9.17, 15) is 9.90 Å². The van der Waals surface area contributed by atoms with Gasteiger partial charge in [-0.3, -0.25) is 9.69 Å². The zero-order valence-electron chi connectivity index (χ0n) is 12.6. The van der Waals surface area contributed by atoms with Crippen LogP contribution in [-0.4, -0.2) is 51.2 Å². The van der Waals surface area contributed by atoms with Gasteiger partial charge in [0.2, 0.25) is 0 Å². The third-order valence-corrected chi connectivity index (χ3v) is 5.27. The van der Waals surface area contributed by atoms with Crippen molar-refractivity contribution in [3.63, 3.8) is 0 Å². The molecular weight excluding hydrogens is 268 g/mol. The highest BCUT2D eigenvalue weighted by molar-refractivity contribution is 5.79. The second-order valence-electron chi connectivity index (χ2n) is 6.22. The van der Waals surface area contributed by atoms with E-state index in [1.165, 1.54) is 0 Å². The van der Waals surface area contributed by atoms with Crippen LogP contribution in [0.25, 0.3) is 0 Å². The summed E-state index contributed by atoms with van der Waals surface area (Å²) in [5.41, 5.74) is -0.714. The van der Waals surface area contributed by atoms with Crippen molar-refractivity contribution in [3.05, 3.63) is 18.2 Å². The molecule has 0 bridgehead atoms. The lowest BCUT2D eigenvalue weighted by Crippen LogP contribution is -2.53. The van der Waals surface area contributed by atoms with Gasteiger partial charge in [0, 0.05) is 25.5 Å². The number of carbonyl (C=O) groups is 1. The molecule has 116 valence electrons. The monoisotopic (exact) mass is 292 g/mol. The number of hydrogen-bond acceptors (Lipinski definition) is 4. The maximum atomic E-state index is 11.7. The molecule has 1 aliphatic heterocycles. The van der Waals surface area contributed by atoms with Crippen molar-refractivity contribution in [1.82, 2.24) is 19.8 Å². The highest BCUT2D eigenvalue weighted by Gasteiger charge is 2.47. The Balaban J connectivity index is 1.59. The Morgan fingerprint density at radius 2 is 2.43 bits per heavy atom. The summed E-state index contributed by atoms with van der Waals surface area (Å²) >= 11 is 0. The highest BCUT2D eigenvalue weighted by atomic mass is 16.4. The SMILES string of the molecule is CNC1(C(=O)O)CCCC1CCN1CCn2ccnc2C1. The van der Waals surface area contributed by atoms with Gasteiger partial charge in [-0.1, -0.05) is 6.42 Å². The van der Waals surface area contributed by atoms with Gasteiger partial charge in [-0.2, -0.15) is 0 Å². The van der Waals surface area contributed by atoms with Crippen LogP contribution < -0.4 is 5.32 Å². The van der Waals surface area contributed by atoms with Gasteiger partial charge >= 0.3 is 5.97 Å². The molecule has 21 heavy (non-hydrogen) atoms. The molecule has 2 aliphatic rings. The molecule has 6 heteroatoms. The summed E-state index contributed by atoms with van der Waals surface area (Å²) < 4.78 is 2.20. The van der Waals surface area contributed by atoms with Crippen LogP contribution in [0.1, 0.15) is 31.5 Å². The Kier molecular flexibility index (Phi) is 3.99. The maximum Gasteiger partial charge on any atom is 0.324 e. The Hall–Kier alpha value is -1.40. The van der Waals surface area contributed by atoms with E-state index in [1.807, 2.05) is 12.4 Å². The molecule has 2 atom stereocenters. The summed E-state index contributed by atoms with van der Waals surface area (Å²) in [7, 11) is 1.78. The largest absolute Gasteiger partial charge is 0.480 e. The van der Waals surface area contributed by atoms with E-state index in [4.69, 9.17) is 0 Å². The van der Waals surface area contributed by atoms with Crippen LogP contribution in [0, 0.1) is 5.92 Å². The summed E-state index contributed by atoms with van der Waals surface area (Å²) in [6.07, 6.45) is 7.58. The topological polar surface area (TPSA) is 70.4 Å². The minimum absolute atomic E-state index is 0.224. The number of hydrogen-bond donors (Lipinski definition) is 2. The molecule has 0 amide bonds. The van der Waals surface area contributed by atoms with Crippen molar-refractivity contribution in [3.8, 4) is 0 Å². The first kappa shape index (κ1) is 14.5. The summed E-state index contributed by atoms with van der Waals surface area (Å²) in [6, 6.07) is 0.